The summed E-state index contributed by atoms with van der Waals surface area (Å²) in [6.45, 7) is 3.35. The number of benzene rings is 1. The molecule has 120 valence electrons. The van der Waals surface area contributed by atoms with E-state index in [9.17, 15) is 14.4 Å². The van der Waals surface area contributed by atoms with Crippen molar-refractivity contribution in [1.29, 1.82) is 0 Å². The van der Waals surface area contributed by atoms with Crippen LogP contribution in [0.2, 0.25) is 0 Å². The lowest BCUT2D eigenvalue weighted by atomic mass is 10.1. The van der Waals surface area contributed by atoms with Crippen molar-refractivity contribution in [2.45, 2.75) is 19.9 Å². The van der Waals surface area contributed by atoms with Crippen molar-refractivity contribution in [3.05, 3.63) is 57.8 Å². The van der Waals surface area contributed by atoms with Crippen LogP contribution in [0.3, 0.4) is 0 Å². The van der Waals surface area contributed by atoms with Gasteiger partial charge < -0.3 is 5.32 Å². The van der Waals surface area contributed by atoms with Gasteiger partial charge in [-0.1, -0.05) is 24.3 Å². The maximum absolute atomic E-state index is 12.0. The Labute approximate surface area is 137 Å². The van der Waals surface area contributed by atoms with Crippen LogP contribution in [0.1, 0.15) is 32.5 Å². The van der Waals surface area contributed by atoms with E-state index in [1.807, 2.05) is 6.07 Å². The Morgan fingerprint density at radius 2 is 1.74 bits per heavy atom. The highest BCUT2D eigenvalue weighted by atomic mass is 32.1. The molecule has 2 rings (SSSR count). The second kappa shape index (κ2) is 7.55. The van der Waals surface area contributed by atoms with E-state index in [1.165, 1.54) is 11.3 Å². The topological polar surface area (TPSA) is 87.3 Å². The molecule has 1 aromatic carbocycles. The van der Waals surface area contributed by atoms with Crippen molar-refractivity contribution >= 4 is 29.1 Å². The van der Waals surface area contributed by atoms with Crippen molar-refractivity contribution in [1.82, 2.24) is 16.2 Å². The summed E-state index contributed by atoms with van der Waals surface area (Å²) in [6, 6.07) is 9.69. The Balaban J connectivity index is 1.85. The Kier molecular flexibility index (Phi) is 5.48. The summed E-state index contributed by atoms with van der Waals surface area (Å²) in [5.41, 5.74) is 5.93. The molecule has 1 heterocycles. The van der Waals surface area contributed by atoms with Gasteiger partial charge in [-0.15, -0.1) is 11.3 Å². The molecule has 7 heteroatoms. The number of hydrogen-bond acceptors (Lipinski definition) is 4. The highest BCUT2D eigenvalue weighted by molar-refractivity contribution is 7.12. The third-order valence-electron chi connectivity index (χ3n) is 3.17. The number of hydrazine groups is 1. The smallest absolute Gasteiger partial charge is 0.269 e. The molecule has 0 aliphatic heterocycles. The monoisotopic (exact) mass is 331 g/mol. The molecule has 23 heavy (non-hydrogen) atoms. The minimum absolute atomic E-state index is 0.326. The molecule has 0 bridgehead atoms. The molecule has 1 aromatic heterocycles. The van der Waals surface area contributed by atoms with Gasteiger partial charge in [0.15, 0.2) is 0 Å². The maximum Gasteiger partial charge on any atom is 0.269 e. The molecule has 0 aliphatic rings. The second-order valence-corrected chi connectivity index (χ2v) is 5.88. The van der Waals surface area contributed by atoms with Gasteiger partial charge in [0, 0.05) is 5.56 Å². The minimum atomic E-state index is -0.776. The largest absolute Gasteiger partial charge is 0.340 e. The fraction of sp³-hybridized carbons (Fsp3) is 0.188. The molecule has 0 spiro atoms. The van der Waals surface area contributed by atoms with Crippen LogP contribution < -0.4 is 16.2 Å². The molecule has 6 nitrogen and oxygen atoms in total. The zero-order valence-corrected chi connectivity index (χ0v) is 13.6. The molecule has 0 saturated carbocycles. The second-order valence-electron chi connectivity index (χ2n) is 4.93. The quantitative estimate of drug-likeness (QED) is 0.744. The van der Waals surface area contributed by atoms with Crippen LogP contribution in [0.25, 0.3) is 0 Å². The van der Waals surface area contributed by atoms with Gasteiger partial charge in [0.2, 0.25) is 0 Å². The number of carbonyl (C=O) groups excluding carboxylic acids is 3. The standard InChI is InChI=1S/C16H17N3O3S/c1-10-6-3-4-7-12(10)15(21)19-18-14(20)11(2)17-16(22)13-8-5-9-23-13/h3-9,11H,1-2H3,(H,17,22)(H,18,20)(H,19,21). The minimum Gasteiger partial charge on any atom is -0.340 e. The van der Waals surface area contributed by atoms with Crippen LogP contribution in [0, 0.1) is 6.92 Å². The Morgan fingerprint density at radius 3 is 2.39 bits per heavy atom. The zero-order chi connectivity index (χ0) is 16.8. The highest BCUT2D eigenvalue weighted by Crippen LogP contribution is 2.08. The Hall–Kier alpha value is -2.67. The van der Waals surface area contributed by atoms with E-state index >= 15 is 0 Å². The van der Waals surface area contributed by atoms with Crippen molar-refractivity contribution in [3.8, 4) is 0 Å². The number of amides is 3. The summed E-state index contributed by atoms with van der Waals surface area (Å²) in [4.78, 5) is 36.3. The van der Waals surface area contributed by atoms with Crippen molar-refractivity contribution in [2.24, 2.45) is 0 Å². The average molecular weight is 331 g/mol. The van der Waals surface area contributed by atoms with Gasteiger partial charge in [-0.25, -0.2) is 0 Å². The van der Waals surface area contributed by atoms with Crippen LogP contribution in [-0.2, 0) is 4.79 Å². The van der Waals surface area contributed by atoms with Gasteiger partial charge in [0.05, 0.1) is 4.88 Å². The van der Waals surface area contributed by atoms with Crippen LogP contribution in [0.4, 0.5) is 0 Å². The van der Waals surface area contributed by atoms with Crippen molar-refractivity contribution in [3.63, 3.8) is 0 Å². The van der Waals surface area contributed by atoms with Crippen LogP contribution >= 0.6 is 11.3 Å². The lowest BCUT2D eigenvalue weighted by molar-refractivity contribution is -0.123. The molecule has 3 amide bonds. The van der Waals surface area contributed by atoms with E-state index in [1.54, 1.807) is 49.6 Å². The predicted molar refractivity (Wildman–Crippen MR) is 88.0 cm³/mol. The molecule has 2 aromatic rings. The maximum atomic E-state index is 12.0. The van der Waals surface area contributed by atoms with E-state index in [0.717, 1.165) is 5.56 Å². The van der Waals surface area contributed by atoms with E-state index in [2.05, 4.69) is 16.2 Å². The van der Waals surface area contributed by atoms with E-state index in [0.29, 0.717) is 10.4 Å². The zero-order valence-electron chi connectivity index (χ0n) is 12.8. The van der Waals surface area contributed by atoms with E-state index in [4.69, 9.17) is 0 Å². The normalized spacial score (nSPS) is 11.4. The molecule has 3 N–H and O–H groups in total. The molecule has 0 aliphatic carbocycles. The number of thiophene rings is 1. The average Bonchev–Trinajstić information content (AvgIpc) is 3.07. The number of aryl methyl sites for hydroxylation is 1. The summed E-state index contributed by atoms with van der Waals surface area (Å²) >= 11 is 1.29. The molecule has 1 unspecified atom stereocenters. The van der Waals surface area contributed by atoms with Crippen LogP contribution in [0.5, 0.6) is 0 Å². The van der Waals surface area contributed by atoms with Gasteiger partial charge in [-0.2, -0.15) is 0 Å². The first kappa shape index (κ1) is 16.7. The van der Waals surface area contributed by atoms with Crippen molar-refractivity contribution < 1.29 is 14.4 Å². The lowest BCUT2D eigenvalue weighted by Crippen LogP contribution is -2.51. The molecule has 0 fully saturated rings. The third kappa shape index (κ3) is 4.40. The van der Waals surface area contributed by atoms with Gasteiger partial charge in [-0.3, -0.25) is 25.2 Å². The first-order valence-electron chi connectivity index (χ1n) is 6.99. The summed E-state index contributed by atoms with van der Waals surface area (Å²) in [5.74, 6) is -1.24. The first-order chi connectivity index (χ1) is 11.0. The summed E-state index contributed by atoms with van der Waals surface area (Å²) in [7, 11) is 0. The van der Waals surface area contributed by atoms with E-state index in [-0.39, 0.29) is 5.91 Å². The molecule has 0 saturated heterocycles. The summed E-state index contributed by atoms with van der Waals surface area (Å²) < 4.78 is 0. The third-order valence-corrected chi connectivity index (χ3v) is 4.04. The fourth-order valence-corrected chi connectivity index (χ4v) is 2.49. The number of hydrogen-bond donors (Lipinski definition) is 3. The highest BCUT2D eigenvalue weighted by Gasteiger charge is 2.18. The Morgan fingerprint density at radius 1 is 1.00 bits per heavy atom. The van der Waals surface area contributed by atoms with E-state index < -0.39 is 17.9 Å². The number of rotatable bonds is 4. The number of nitrogens with one attached hydrogen (secondary N) is 3. The SMILES string of the molecule is Cc1ccccc1C(=O)NNC(=O)C(C)NC(=O)c1cccs1. The lowest BCUT2D eigenvalue weighted by Gasteiger charge is -2.14. The molecule has 1 atom stereocenters. The van der Waals surface area contributed by atoms with Crippen LogP contribution in [0.15, 0.2) is 41.8 Å². The van der Waals surface area contributed by atoms with Gasteiger partial charge >= 0.3 is 0 Å². The van der Waals surface area contributed by atoms with Gasteiger partial charge in [-0.05, 0) is 36.9 Å². The number of carbonyl (C=O) groups is 3. The van der Waals surface area contributed by atoms with Gasteiger partial charge in [0.25, 0.3) is 17.7 Å². The molecule has 0 radical (unpaired) electrons. The predicted octanol–water partition coefficient (Wildman–Crippen LogP) is 1.64. The molecular formula is C16H17N3O3S. The van der Waals surface area contributed by atoms with Crippen molar-refractivity contribution in [2.75, 3.05) is 0 Å². The Bertz CT molecular complexity index is 713. The fourth-order valence-electron chi connectivity index (χ4n) is 1.86. The van der Waals surface area contributed by atoms with Crippen LogP contribution in [-0.4, -0.2) is 23.8 Å². The van der Waals surface area contributed by atoms with Gasteiger partial charge in [0.1, 0.15) is 6.04 Å². The first-order valence-corrected chi connectivity index (χ1v) is 7.87. The summed E-state index contributed by atoms with van der Waals surface area (Å²) in [6.07, 6.45) is 0. The molecular weight excluding hydrogens is 314 g/mol. The summed E-state index contributed by atoms with van der Waals surface area (Å²) in [5, 5.41) is 4.34.